The Labute approximate surface area is 161 Å². The molecule has 0 atom stereocenters. The highest BCUT2D eigenvalue weighted by molar-refractivity contribution is 6.05. The van der Waals surface area contributed by atoms with Crippen molar-refractivity contribution < 1.29 is 9.53 Å². The molecule has 0 aliphatic rings. The molecular formula is C22H30N2O3. The molecule has 0 fully saturated rings. The van der Waals surface area contributed by atoms with Crippen LogP contribution in [-0.2, 0) is 30.5 Å². The number of carbonyl (C=O) groups is 1. The molecule has 27 heavy (non-hydrogen) atoms. The number of pyridine rings is 1. The summed E-state index contributed by atoms with van der Waals surface area (Å²) >= 11 is 0. The van der Waals surface area contributed by atoms with E-state index in [1.165, 1.54) is 6.07 Å². The monoisotopic (exact) mass is 370 g/mol. The molecule has 0 saturated carbocycles. The second-order valence-electron chi connectivity index (χ2n) is 6.58. The van der Waals surface area contributed by atoms with Gasteiger partial charge in [0.1, 0.15) is 5.56 Å². The highest BCUT2D eigenvalue weighted by atomic mass is 16.5. The third-order valence-corrected chi connectivity index (χ3v) is 4.94. The average Bonchev–Trinajstić information content (AvgIpc) is 2.66. The minimum Gasteiger partial charge on any atom is -0.383 e. The second kappa shape index (κ2) is 9.51. The fourth-order valence-corrected chi connectivity index (χ4v) is 3.51. The van der Waals surface area contributed by atoms with E-state index in [-0.39, 0.29) is 16.9 Å². The number of ether oxygens (including phenoxy) is 1. The van der Waals surface area contributed by atoms with Gasteiger partial charge in [-0.1, -0.05) is 39.0 Å². The maximum atomic E-state index is 13.1. The van der Waals surface area contributed by atoms with Gasteiger partial charge in [-0.15, -0.1) is 0 Å². The molecule has 0 unspecified atom stereocenters. The Kier molecular flexibility index (Phi) is 7.36. The minimum absolute atomic E-state index is 0.229. The molecule has 0 bridgehead atoms. The molecule has 1 N–H and O–H groups in total. The van der Waals surface area contributed by atoms with Crippen LogP contribution in [0, 0.1) is 6.92 Å². The number of aryl methyl sites for hydroxylation is 3. The van der Waals surface area contributed by atoms with Crippen LogP contribution in [0.5, 0.6) is 0 Å². The smallest absolute Gasteiger partial charge is 0.261 e. The molecular weight excluding hydrogens is 340 g/mol. The zero-order valence-electron chi connectivity index (χ0n) is 17.0. The number of aromatic nitrogens is 1. The average molecular weight is 370 g/mol. The first-order chi connectivity index (χ1) is 13.0. The molecule has 0 radical (unpaired) electrons. The largest absolute Gasteiger partial charge is 0.383 e. The third-order valence-electron chi connectivity index (χ3n) is 4.94. The van der Waals surface area contributed by atoms with Gasteiger partial charge in [-0.3, -0.25) is 9.59 Å². The van der Waals surface area contributed by atoms with Gasteiger partial charge in [0.25, 0.3) is 5.91 Å². The van der Waals surface area contributed by atoms with E-state index in [0.717, 1.165) is 41.0 Å². The van der Waals surface area contributed by atoms with Crippen LogP contribution in [-0.4, -0.2) is 24.2 Å². The van der Waals surface area contributed by atoms with Crippen LogP contribution in [0.15, 0.2) is 29.1 Å². The van der Waals surface area contributed by atoms with Crippen LogP contribution < -0.4 is 10.7 Å². The van der Waals surface area contributed by atoms with Crippen LogP contribution in [0.2, 0.25) is 0 Å². The summed E-state index contributed by atoms with van der Waals surface area (Å²) in [5.41, 5.74) is 4.57. The molecule has 0 saturated heterocycles. The van der Waals surface area contributed by atoms with Gasteiger partial charge in [0.15, 0.2) is 5.43 Å². The highest BCUT2D eigenvalue weighted by Gasteiger charge is 2.20. The SMILES string of the molecule is CCc1cccc(CC)c1NC(=O)c1c(CC)n(CCOC)c(C)cc1=O. The van der Waals surface area contributed by atoms with Crippen LogP contribution in [0.1, 0.15) is 53.6 Å². The number of amides is 1. The minimum atomic E-state index is -0.335. The lowest BCUT2D eigenvalue weighted by Crippen LogP contribution is -2.29. The van der Waals surface area contributed by atoms with Crippen molar-refractivity contribution in [2.24, 2.45) is 0 Å². The predicted octanol–water partition coefficient (Wildman–Crippen LogP) is 3.74. The van der Waals surface area contributed by atoms with Crippen molar-refractivity contribution in [2.75, 3.05) is 19.0 Å². The third kappa shape index (κ3) is 4.48. The van der Waals surface area contributed by atoms with E-state index in [1.54, 1.807) is 7.11 Å². The number of hydrogen-bond donors (Lipinski definition) is 1. The fraction of sp³-hybridized carbons (Fsp3) is 0.455. The summed E-state index contributed by atoms with van der Waals surface area (Å²) in [7, 11) is 1.64. The maximum Gasteiger partial charge on any atom is 0.261 e. The van der Waals surface area contributed by atoms with Crippen molar-refractivity contribution in [3.05, 3.63) is 62.6 Å². The van der Waals surface area contributed by atoms with Gasteiger partial charge in [0.05, 0.1) is 6.61 Å². The van der Waals surface area contributed by atoms with Crippen molar-refractivity contribution in [3.8, 4) is 0 Å². The zero-order chi connectivity index (χ0) is 20.0. The molecule has 1 amide bonds. The first kappa shape index (κ1) is 20.9. The Bertz CT molecular complexity index is 846. The first-order valence-corrected chi connectivity index (χ1v) is 9.62. The summed E-state index contributed by atoms with van der Waals surface area (Å²) in [5, 5.41) is 3.03. The number of rotatable bonds is 8. The van der Waals surface area contributed by atoms with E-state index < -0.39 is 0 Å². The summed E-state index contributed by atoms with van der Waals surface area (Å²) in [4.78, 5) is 25.8. The molecule has 1 aromatic heterocycles. The normalized spacial score (nSPS) is 10.9. The molecule has 5 heteroatoms. The van der Waals surface area contributed by atoms with E-state index in [1.807, 2.05) is 36.6 Å². The molecule has 2 aromatic rings. The van der Waals surface area contributed by atoms with Crippen LogP contribution >= 0.6 is 0 Å². The second-order valence-corrected chi connectivity index (χ2v) is 6.58. The van der Waals surface area contributed by atoms with Crippen molar-refractivity contribution in [2.45, 2.75) is 53.5 Å². The summed E-state index contributed by atoms with van der Waals surface area (Å²) in [5.74, 6) is -0.335. The topological polar surface area (TPSA) is 60.3 Å². The van der Waals surface area contributed by atoms with E-state index >= 15 is 0 Å². The quantitative estimate of drug-likeness (QED) is 0.770. The van der Waals surface area contributed by atoms with E-state index in [9.17, 15) is 9.59 Å². The molecule has 5 nitrogen and oxygen atoms in total. The van der Waals surface area contributed by atoms with Gasteiger partial charge >= 0.3 is 0 Å². The van der Waals surface area contributed by atoms with Crippen molar-refractivity contribution in [1.82, 2.24) is 4.57 Å². The Morgan fingerprint density at radius 2 is 1.74 bits per heavy atom. The van der Waals surface area contributed by atoms with E-state index in [2.05, 4.69) is 19.2 Å². The van der Waals surface area contributed by atoms with E-state index in [0.29, 0.717) is 19.6 Å². The Hall–Kier alpha value is -2.40. The molecule has 0 aliphatic carbocycles. The summed E-state index contributed by atoms with van der Waals surface area (Å²) < 4.78 is 7.19. The van der Waals surface area contributed by atoms with Crippen LogP contribution in [0.4, 0.5) is 5.69 Å². The lowest BCUT2D eigenvalue weighted by atomic mass is 10.0. The summed E-state index contributed by atoms with van der Waals surface area (Å²) in [6.07, 6.45) is 2.23. The lowest BCUT2D eigenvalue weighted by Gasteiger charge is -2.20. The fourth-order valence-electron chi connectivity index (χ4n) is 3.51. The van der Waals surface area contributed by atoms with Crippen molar-refractivity contribution >= 4 is 11.6 Å². The van der Waals surface area contributed by atoms with Crippen molar-refractivity contribution in [3.63, 3.8) is 0 Å². The summed E-state index contributed by atoms with van der Waals surface area (Å²) in [6.45, 7) is 9.11. The highest BCUT2D eigenvalue weighted by Crippen LogP contribution is 2.23. The molecule has 0 spiro atoms. The maximum absolute atomic E-state index is 13.1. The standard InChI is InChI=1S/C22H30N2O3/c1-6-16-10-9-11-17(7-2)21(16)23-22(26)20-18(8-3)24(12-13-27-5)15(4)14-19(20)25/h9-11,14H,6-8,12-13H2,1-5H3,(H,23,26). The van der Waals surface area contributed by atoms with E-state index in [4.69, 9.17) is 4.74 Å². The molecule has 146 valence electrons. The van der Waals surface area contributed by atoms with Gasteiger partial charge in [-0.05, 0) is 37.3 Å². The zero-order valence-corrected chi connectivity index (χ0v) is 17.0. The number of para-hydroxylation sites is 1. The molecule has 1 aromatic carbocycles. The van der Waals surface area contributed by atoms with Crippen LogP contribution in [0.3, 0.4) is 0 Å². The molecule has 1 heterocycles. The Morgan fingerprint density at radius 3 is 2.26 bits per heavy atom. The number of benzene rings is 1. The Morgan fingerprint density at radius 1 is 1.11 bits per heavy atom. The number of carbonyl (C=O) groups excluding carboxylic acids is 1. The van der Waals surface area contributed by atoms with Gasteiger partial charge in [-0.25, -0.2) is 0 Å². The number of nitrogens with zero attached hydrogens (tertiary/aromatic N) is 1. The molecule has 2 rings (SSSR count). The van der Waals surface area contributed by atoms with Crippen LogP contribution in [0.25, 0.3) is 0 Å². The molecule has 0 aliphatic heterocycles. The number of anilines is 1. The van der Waals surface area contributed by atoms with Crippen molar-refractivity contribution in [1.29, 1.82) is 0 Å². The number of methoxy groups -OCH3 is 1. The Balaban J connectivity index is 2.53. The lowest BCUT2D eigenvalue weighted by molar-refractivity contribution is 0.102. The number of hydrogen-bond acceptors (Lipinski definition) is 3. The van der Waals surface area contributed by atoms with Gasteiger partial charge in [-0.2, -0.15) is 0 Å². The summed E-state index contributed by atoms with van der Waals surface area (Å²) in [6, 6.07) is 7.58. The van der Waals surface area contributed by atoms with Gasteiger partial charge in [0.2, 0.25) is 0 Å². The van der Waals surface area contributed by atoms with Gasteiger partial charge in [0, 0.05) is 36.8 Å². The predicted molar refractivity (Wildman–Crippen MR) is 110 cm³/mol. The van der Waals surface area contributed by atoms with Gasteiger partial charge < -0.3 is 14.6 Å². The first-order valence-electron chi connectivity index (χ1n) is 9.62. The number of nitrogens with one attached hydrogen (secondary N) is 1.